The minimum Gasteiger partial charge on any atom is -0.383 e. The molecule has 4 rings (SSSR count). The molecule has 0 aliphatic rings. The predicted molar refractivity (Wildman–Crippen MR) is 94.2 cm³/mol. The Morgan fingerprint density at radius 1 is 1.13 bits per heavy atom. The van der Waals surface area contributed by atoms with Gasteiger partial charge in [-0.25, -0.2) is 4.98 Å². The van der Waals surface area contributed by atoms with E-state index in [-0.39, 0.29) is 0 Å². The van der Waals surface area contributed by atoms with Gasteiger partial charge in [-0.05, 0) is 31.0 Å². The fraction of sp³-hybridized carbons (Fsp3) is 0.222. The number of unbranched alkanes of at least 4 members (excludes halogenated alkanes) is 1. The molecule has 0 spiro atoms. The molecular formula is C18H19N5. The highest BCUT2D eigenvalue weighted by molar-refractivity contribution is 6.08. The molecule has 5 nitrogen and oxygen atoms in total. The number of nitrogens with zero attached hydrogens (tertiary/aromatic N) is 2. The maximum Gasteiger partial charge on any atom is 0.133 e. The van der Waals surface area contributed by atoms with Crippen LogP contribution in [0.15, 0.2) is 36.5 Å². The van der Waals surface area contributed by atoms with Crippen LogP contribution in [0.1, 0.15) is 25.5 Å². The van der Waals surface area contributed by atoms with Crippen molar-refractivity contribution in [1.82, 2.24) is 20.2 Å². The zero-order chi connectivity index (χ0) is 15.8. The lowest BCUT2D eigenvalue weighted by Gasteiger charge is -2.04. The number of fused-ring (bicyclic) bond motifs is 3. The number of aromatic nitrogens is 4. The van der Waals surface area contributed by atoms with Gasteiger partial charge in [0.1, 0.15) is 5.82 Å². The average Bonchev–Trinajstić information content (AvgIpc) is 3.22. The van der Waals surface area contributed by atoms with Gasteiger partial charge in [-0.1, -0.05) is 25.5 Å². The van der Waals surface area contributed by atoms with Crippen molar-refractivity contribution in [3.8, 4) is 11.3 Å². The topological polar surface area (TPSA) is 83.4 Å². The number of H-pyrrole nitrogens is 2. The lowest BCUT2D eigenvalue weighted by molar-refractivity contribution is 0.783. The van der Waals surface area contributed by atoms with Gasteiger partial charge in [0.15, 0.2) is 0 Å². The minimum atomic E-state index is 0.577. The molecule has 116 valence electrons. The highest BCUT2D eigenvalue weighted by Crippen LogP contribution is 2.31. The Bertz CT molecular complexity index is 966. The minimum absolute atomic E-state index is 0.577. The Balaban J connectivity index is 1.89. The van der Waals surface area contributed by atoms with Gasteiger partial charge in [0.05, 0.1) is 16.7 Å². The number of nitrogens with two attached hydrogens (primary N) is 1. The largest absolute Gasteiger partial charge is 0.383 e. The second-order valence-electron chi connectivity index (χ2n) is 5.89. The van der Waals surface area contributed by atoms with E-state index in [1.807, 2.05) is 12.1 Å². The zero-order valence-corrected chi connectivity index (χ0v) is 13.1. The first kappa shape index (κ1) is 13.8. The maximum absolute atomic E-state index is 6.18. The zero-order valence-electron chi connectivity index (χ0n) is 13.1. The smallest absolute Gasteiger partial charge is 0.133 e. The molecule has 0 amide bonds. The summed E-state index contributed by atoms with van der Waals surface area (Å²) in [7, 11) is 0. The highest BCUT2D eigenvalue weighted by atomic mass is 15.1. The number of hydrogen-bond donors (Lipinski definition) is 3. The van der Waals surface area contributed by atoms with Crippen LogP contribution >= 0.6 is 0 Å². The van der Waals surface area contributed by atoms with Gasteiger partial charge in [0, 0.05) is 28.2 Å². The molecule has 0 aliphatic heterocycles. The summed E-state index contributed by atoms with van der Waals surface area (Å²) in [5.74, 6) is 0.577. The number of nitrogens with one attached hydrogen (secondary N) is 2. The van der Waals surface area contributed by atoms with Crippen molar-refractivity contribution < 1.29 is 0 Å². The van der Waals surface area contributed by atoms with E-state index in [9.17, 15) is 0 Å². The molecule has 0 atom stereocenters. The van der Waals surface area contributed by atoms with Crippen molar-refractivity contribution in [3.63, 3.8) is 0 Å². The Hall–Kier alpha value is -2.82. The molecule has 0 bridgehead atoms. The molecule has 3 aromatic heterocycles. The van der Waals surface area contributed by atoms with Crippen LogP contribution in [-0.2, 0) is 6.42 Å². The van der Waals surface area contributed by atoms with Crippen LogP contribution in [-0.4, -0.2) is 20.2 Å². The molecule has 4 N–H and O–H groups in total. The second kappa shape index (κ2) is 5.43. The molecule has 0 fully saturated rings. The van der Waals surface area contributed by atoms with Crippen LogP contribution < -0.4 is 5.73 Å². The van der Waals surface area contributed by atoms with E-state index in [0.29, 0.717) is 5.82 Å². The molecule has 5 heteroatoms. The number of rotatable bonds is 4. The molecule has 0 radical (unpaired) electrons. The summed E-state index contributed by atoms with van der Waals surface area (Å²) in [5, 5.41) is 9.09. The van der Waals surface area contributed by atoms with Crippen LogP contribution in [0.4, 0.5) is 5.82 Å². The van der Waals surface area contributed by atoms with Crippen LogP contribution in [0, 0.1) is 0 Å². The molecule has 0 saturated heterocycles. The van der Waals surface area contributed by atoms with E-state index in [1.165, 1.54) is 18.5 Å². The van der Waals surface area contributed by atoms with E-state index in [1.54, 1.807) is 6.20 Å². The van der Waals surface area contributed by atoms with Crippen molar-refractivity contribution in [1.29, 1.82) is 0 Å². The van der Waals surface area contributed by atoms with E-state index in [0.717, 1.165) is 39.5 Å². The van der Waals surface area contributed by atoms with Crippen molar-refractivity contribution in [2.45, 2.75) is 26.2 Å². The lowest BCUT2D eigenvalue weighted by atomic mass is 10.1. The molecular weight excluding hydrogens is 286 g/mol. The molecule has 0 saturated carbocycles. The number of aromatic amines is 2. The normalized spacial score (nSPS) is 11.5. The first-order valence-electron chi connectivity index (χ1n) is 7.97. The third kappa shape index (κ3) is 2.34. The average molecular weight is 305 g/mol. The van der Waals surface area contributed by atoms with Gasteiger partial charge in [0.25, 0.3) is 0 Å². The predicted octanol–water partition coefficient (Wildman–Crippen LogP) is 4.03. The Kier molecular flexibility index (Phi) is 3.26. The van der Waals surface area contributed by atoms with Crippen molar-refractivity contribution >= 4 is 27.6 Å². The number of nitrogen functional groups attached to an aromatic ring is 1. The summed E-state index contributed by atoms with van der Waals surface area (Å²) in [5.41, 5.74) is 11.4. The number of anilines is 1. The third-order valence-corrected chi connectivity index (χ3v) is 4.27. The van der Waals surface area contributed by atoms with Crippen LogP contribution in [0.25, 0.3) is 33.1 Å². The van der Waals surface area contributed by atoms with Gasteiger partial charge in [-0.15, -0.1) is 0 Å². The number of hydrogen-bond acceptors (Lipinski definition) is 3. The Morgan fingerprint density at radius 2 is 2.04 bits per heavy atom. The fourth-order valence-corrected chi connectivity index (χ4v) is 3.04. The Morgan fingerprint density at radius 3 is 2.83 bits per heavy atom. The quantitative estimate of drug-likeness (QED) is 0.532. The first-order valence-corrected chi connectivity index (χ1v) is 7.97. The van der Waals surface area contributed by atoms with Gasteiger partial charge >= 0.3 is 0 Å². The maximum atomic E-state index is 6.18. The summed E-state index contributed by atoms with van der Waals surface area (Å²) in [4.78, 5) is 8.12. The highest BCUT2D eigenvalue weighted by Gasteiger charge is 2.11. The molecule has 4 aromatic rings. The molecule has 23 heavy (non-hydrogen) atoms. The third-order valence-electron chi connectivity index (χ3n) is 4.27. The number of pyridine rings is 1. The van der Waals surface area contributed by atoms with Gasteiger partial charge < -0.3 is 10.7 Å². The summed E-state index contributed by atoms with van der Waals surface area (Å²) in [6.45, 7) is 2.20. The summed E-state index contributed by atoms with van der Waals surface area (Å²) in [6, 6.07) is 10.3. The van der Waals surface area contributed by atoms with Gasteiger partial charge in [0.2, 0.25) is 0 Å². The fourth-order valence-electron chi connectivity index (χ4n) is 3.04. The molecule has 0 aliphatic carbocycles. The van der Waals surface area contributed by atoms with E-state index < -0.39 is 0 Å². The SMILES string of the molecule is CCCCc1cc2c(N)nc3cc(-c4ccn[nH]4)ccc3c2[nH]1. The summed E-state index contributed by atoms with van der Waals surface area (Å²) < 4.78 is 0. The van der Waals surface area contributed by atoms with Gasteiger partial charge in [-0.3, -0.25) is 5.10 Å². The summed E-state index contributed by atoms with van der Waals surface area (Å²) >= 11 is 0. The van der Waals surface area contributed by atoms with Crippen molar-refractivity contribution in [2.75, 3.05) is 5.73 Å². The standard InChI is InChI=1S/C18H19N5/c1-2-3-4-12-10-14-17(21-12)13-6-5-11(15-7-8-20-23-15)9-16(13)22-18(14)19/h5-10,21H,2-4H2,1H3,(H2,19,22)(H,20,23). The lowest BCUT2D eigenvalue weighted by Crippen LogP contribution is -1.92. The van der Waals surface area contributed by atoms with Crippen molar-refractivity contribution in [2.24, 2.45) is 0 Å². The molecule has 0 unspecified atom stereocenters. The second-order valence-corrected chi connectivity index (χ2v) is 5.89. The molecule has 1 aromatic carbocycles. The van der Waals surface area contributed by atoms with E-state index in [2.05, 4.69) is 45.3 Å². The van der Waals surface area contributed by atoms with Crippen LogP contribution in [0.2, 0.25) is 0 Å². The molecule has 3 heterocycles. The monoisotopic (exact) mass is 305 g/mol. The number of benzene rings is 1. The van der Waals surface area contributed by atoms with E-state index in [4.69, 9.17) is 5.73 Å². The van der Waals surface area contributed by atoms with Crippen LogP contribution in [0.3, 0.4) is 0 Å². The van der Waals surface area contributed by atoms with Crippen molar-refractivity contribution in [3.05, 3.63) is 42.2 Å². The van der Waals surface area contributed by atoms with Crippen LogP contribution in [0.5, 0.6) is 0 Å². The number of aryl methyl sites for hydroxylation is 1. The first-order chi connectivity index (χ1) is 11.3. The summed E-state index contributed by atoms with van der Waals surface area (Å²) in [6.07, 6.45) is 5.13. The van der Waals surface area contributed by atoms with Gasteiger partial charge in [-0.2, -0.15) is 5.10 Å². The Labute approximate surface area is 133 Å². The van der Waals surface area contributed by atoms with E-state index >= 15 is 0 Å².